The van der Waals surface area contributed by atoms with Crippen molar-refractivity contribution in [3.63, 3.8) is 0 Å². The zero-order valence-electron chi connectivity index (χ0n) is 18.0. The first-order valence-corrected chi connectivity index (χ1v) is 11.2. The molecule has 168 valence electrons. The Labute approximate surface area is 177 Å². The van der Waals surface area contributed by atoms with Crippen molar-refractivity contribution in [1.29, 1.82) is 0 Å². The second-order valence-corrected chi connectivity index (χ2v) is 8.87. The summed E-state index contributed by atoms with van der Waals surface area (Å²) >= 11 is 1.50. The minimum absolute atomic E-state index is 0.123. The fourth-order valence-electron chi connectivity index (χ4n) is 2.66. The van der Waals surface area contributed by atoms with Gasteiger partial charge in [0, 0.05) is 0 Å². The second-order valence-electron chi connectivity index (χ2n) is 7.88. The Kier molecular flexibility index (Phi) is 13.3. The molecule has 0 aliphatic carbocycles. The van der Waals surface area contributed by atoms with Crippen LogP contribution < -0.4 is 21.7 Å². The van der Waals surface area contributed by atoms with Gasteiger partial charge in [0.1, 0.15) is 18.6 Å². The van der Waals surface area contributed by atoms with Gasteiger partial charge in [-0.2, -0.15) is 11.8 Å². The lowest BCUT2D eigenvalue weighted by molar-refractivity contribution is -0.138. The van der Waals surface area contributed by atoms with Crippen molar-refractivity contribution in [2.75, 3.05) is 18.6 Å². The minimum atomic E-state index is -1.17. The number of hydrogen-bond acceptors (Lipinski definition) is 6. The number of carbonyl (C=O) groups is 4. The Morgan fingerprint density at radius 1 is 0.897 bits per heavy atom. The molecular formula is C19H36N4O5S. The van der Waals surface area contributed by atoms with Crippen LogP contribution in [-0.2, 0) is 19.2 Å². The van der Waals surface area contributed by atoms with E-state index in [1.165, 1.54) is 11.8 Å². The lowest BCUT2D eigenvalue weighted by atomic mass is 10.00. The van der Waals surface area contributed by atoms with Gasteiger partial charge in [0.2, 0.25) is 17.7 Å². The van der Waals surface area contributed by atoms with E-state index in [-0.39, 0.29) is 11.8 Å². The molecule has 0 saturated heterocycles. The highest BCUT2D eigenvalue weighted by atomic mass is 32.2. The molecule has 3 amide bonds. The normalized spacial score (nSPS) is 14.2. The Bertz CT molecular complexity index is 557. The maximum absolute atomic E-state index is 12.8. The Hall–Kier alpha value is -1.81. The standard InChI is InChI=1S/C19H36N4O5S/c1-11(2)8-13(20)17(26)23-15(9-12(3)4)19(28)22-14(6-7-29-5)18(27)21-10-16(24)25/h11-15H,6-10,20H2,1-5H3,(H,21,27)(H,22,28)(H,23,26)(H,24,25). The molecule has 10 heteroatoms. The van der Waals surface area contributed by atoms with Crippen molar-refractivity contribution < 1.29 is 24.3 Å². The lowest BCUT2D eigenvalue weighted by Crippen LogP contribution is -2.56. The minimum Gasteiger partial charge on any atom is -0.480 e. The molecule has 0 bridgehead atoms. The summed E-state index contributed by atoms with van der Waals surface area (Å²) in [6, 6.07) is -2.43. The van der Waals surface area contributed by atoms with E-state index in [2.05, 4.69) is 16.0 Å². The monoisotopic (exact) mass is 432 g/mol. The van der Waals surface area contributed by atoms with Crippen LogP contribution in [0.1, 0.15) is 47.0 Å². The van der Waals surface area contributed by atoms with Gasteiger partial charge in [0.15, 0.2) is 0 Å². The van der Waals surface area contributed by atoms with Gasteiger partial charge in [0.25, 0.3) is 0 Å². The first-order chi connectivity index (χ1) is 13.5. The molecular weight excluding hydrogens is 396 g/mol. The van der Waals surface area contributed by atoms with Crippen LogP contribution in [0.15, 0.2) is 0 Å². The fourth-order valence-corrected chi connectivity index (χ4v) is 3.13. The van der Waals surface area contributed by atoms with Gasteiger partial charge in [-0.1, -0.05) is 27.7 Å². The Morgan fingerprint density at radius 2 is 1.45 bits per heavy atom. The number of carbonyl (C=O) groups excluding carboxylic acids is 3. The average Bonchev–Trinajstić information content (AvgIpc) is 2.61. The summed E-state index contributed by atoms with van der Waals surface area (Å²) in [7, 11) is 0. The van der Waals surface area contributed by atoms with E-state index in [0.29, 0.717) is 25.0 Å². The lowest BCUT2D eigenvalue weighted by Gasteiger charge is -2.25. The summed E-state index contributed by atoms with van der Waals surface area (Å²) in [5, 5.41) is 16.4. The second kappa shape index (κ2) is 14.2. The van der Waals surface area contributed by atoms with Crippen molar-refractivity contribution >= 4 is 35.5 Å². The highest BCUT2D eigenvalue weighted by molar-refractivity contribution is 7.98. The number of thioether (sulfide) groups is 1. The summed E-state index contributed by atoms with van der Waals surface area (Å²) in [6.07, 6.45) is 3.09. The Balaban J connectivity index is 5.18. The molecule has 3 atom stereocenters. The van der Waals surface area contributed by atoms with Gasteiger partial charge in [0.05, 0.1) is 6.04 Å². The van der Waals surface area contributed by atoms with Gasteiger partial charge < -0.3 is 26.8 Å². The molecule has 0 spiro atoms. The molecule has 0 aliphatic heterocycles. The summed E-state index contributed by atoms with van der Waals surface area (Å²) in [4.78, 5) is 48.2. The van der Waals surface area contributed by atoms with Crippen molar-refractivity contribution in [3.05, 3.63) is 0 Å². The summed E-state index contributed by atoms with van der Waals surface area (Å²) in [6.45, 7) is 7.23. The van der Waals surface area contributed by atoms with Gasteiger partial charge in [-0.3, -0.25) is 19.2 Å². The molecule has 3 unspecified atom stereocenters. The van der Waals surface area contributed by atoms with Gasteiger partial charge in [-0.05, 0) is 43.1 Å². The number of carboxylic acid groups (broad SMARTS) is 1. The maximum Gasteiger partial charge on any atom is 0.322 e. The molecule has 0 rings (SSSR count). The summed E-state index contributed by atoms with van der Waals surface area (Å²) < 4.78 is 0. The molecule has 0 aromatic carbocycles. The van der Waals surface area contributed by atoms with Crippen molar-refractivity contribution in [2.24, 2.45) is 17.6 Å². The molecule has 0 heterocycles. The number of amides is 3. The molecule has 0 aromatic heterocycles. The number of carboxylic acids is 1. The SMILES string of the molecule is CSCCC(NC(=O)C(CC(C)C)NC(=O)C(N)CC(C)C)C(=O)NCC(=O)O. The van der Waals surface area contributed by atoms with E-state index in [1.54, 1.807) is 0 Å². The topological polar surface area (TPSA) is 151 Å². The zero-order valence-corrected chi connectivity index (χ0v) is 18.8. The molecule has 0 fully saturated rings. The average molecular weight is 433 g/mol. The van der Waals surface area contributed by atoms with Crippen LogP contribution in [0.4, 0.5) is 0 Å². The number of hydrogen-bond donors (Lipinski definition) is 5. The van der Waals surface area contributed by atoms with Crippen LogP contribution in [-0.4, -0.2) is 65.5 Å². The number of aliphatic carboxylic acids is 1. The molecule has 9 nitrogen and oxygen atoms in total. The number of rotatable bonds is 14. The quantitative estimate of drug-likeness (QED) is 0.265. The van der Waals surface area contributed by atoms with Crippen molar-refractivity contribution in [1.82, 2.24) is 16.0 Å². The zero-order chi connectivity index (χ0) is 22.6. The first kappa shape index (κ1) is 27.2. The smallest absolute Gasteiger partial charge is 0.322 e. The van der Waals surface area contributed by atoms with Crippen LogP contribution in [0, 0.1) is 11.8 Å². The van der Waals surface area contributed by atoms with Gasteiger partial charge in [-0.25, -0.2) is 0 Å². The first-order valence-electron chi connectivity index (χ1n) is 9.82. The third-order valence-corrected chi connectivity index (χ3v) is 4.70. The van der Waals surface area contributed by atoms with E-state index in [1.807, 2.05) is 34.0 Å². The van der Waals surface area contributed by atoms with E-state index in [0.717, 1.165) is 0 Å². The highest BCUT2D eigenvalue weighted by Gasteiger charge is 2.28. The molecule has 6 N–H and O–H groups in total. The van der Waals surface area contributed by atoms with E-state index < -0.39 is 48.4 Å². The van der Waals surface area contributed by atoms with Crippen molar-refractivity contribution in [2.45, 2.75) is 65.1 Å². The predicted molar refractivity (Wildman–Crippen MR) is 114 cm³/mol. The van der Waals surface area contributed by atoms with Crippen LogP contribution in [0.2, 0.25) is 0 Å². The van der Waals surface area contributed by atoms with Gasteiger partial charge in [-0.15, -0.1) is 0 Å². The third-order valence-electron chi connectivity index (χ3n) is 4.06. The maximum atomic E-state index is 12.8. The number of nitrogens with two attached hydrogens (primary N) is 1. The molecule has 0 radical (unpaired) electrons. The third kappa shape index (κ3) is 12.4. The summed E-state index contributed by atoms with van der Waals surface area (Å²) in [5.41, 5.74) is 5.91. The van der Waals surface area contributed by atoms with E-state index in [9.17, 15) is 19.2 Å². The molecule has 0 aliphatic rings. The molecule has 29 heavy (non-hydrogen) atoms. The fraction of sp³-hybridized carbons (Fsp3) is 0.789. The largest absolute Gasteiger partial charge is 0.480 e. The van der Waals surface area contributed by atoms with Crippen molar-refractivity contribution in [3.8, 4) is 0 Å². The van der Waals surface area contributed by atoms with Crippen LogP contribution >= 0.6 is 11.8 Å². The highest BCUT2D eigenvalue weighted by Crippen LogP contribution is 2.09. The Morgan fingerprint density at radius 3 is 1.93 bits per heavy atom. The van der Waals surface area contributed by atoms with Crippen LogP contribution in [0.5, 0.6) is 0 Å². The van der Waals surface area contributed by atoms with Crippen LogP contribution in [0.25, 0.3) is 0 Å². The molecule has 0 aromatic rings. The van der Waals surface area contributed by atoms with E-state index >= 15 is 0 Å². The van der Waals surface area contributed by atoms with Crippen LogP contribution in [0.3, 0.4) is 0 Å². The predicted octanol–water partition coefficient (Wildman–Crippen LogP) is 0.329. The molecule has 0 saturated carbocycles. The van der Waals surface area contributed by atoms with Gasteiger partial charge >= 0.3 is 5.97 Å². The summed E-state index contributed by atoms with van der Waals surface area (Å²) in [5.74, 6) is -1.67. The number of nitrogens with one attached hydrogen (secondary N) is 3. The van der Waals surface area contributed by atoms with E-state index in [4.69, 9.17) is 10.8 Å².